The zero-order valence-corrected chi connectivity index (χ0v) is 10.8. The number of carbonyl (C=O) groups is 1. The summed E-state index contributed by atoms with van der Waals surface area (Å²) in [7, 11) is 0. The largest absolute Gasteiger partial charge is 0.298 e. The van der Waals surface area contributed by atoms with E-state index in [9.17, 15) is 4.79 Å². The van der Waals surface area contributed by atoms with Crippen molar-refractivity contribution in [1.82, 2.24) is 0 Å². The van der Waals surface area contributed by atoms with Gasteiger partial charge in [0.2, 0.25) is 0 Å². The molecule has 0 radical (unpaired) electrons. The van der Waals surface area contributed by atoms with Crippen LogP contribution in [-0.4, -0.2) is 16.8 Å². The molecular weight excluding hydrogens is 272 g/mol. The number of hydrogen-bond acceptors (Lipinski definition) is 2. The van der Waals surface area contributed by atoms with Gasteiger partial charge in [-0.25, -0.2) is 0 Å². The number of carbonyl (C=O) groups excluding carboxylic acids is 1. The molecule has 1 fully saturated rings. The van der Waals surface area contributed by atoms with E-state index >= 15 is 0 Å². The van der Waals surface area contributed by atoms with E-state index in [0.29, 0.717) is 12.2 Å². The van der Waals surface area contributed by atoms with Crippen LogP contribution in [0.5, 0.6) is 0 Å². The molecule has 15 heavy (non-hydrogen) atoms. The lowest BCUT2D eigenvalue weighted by molar-refractivity contribution is -0.117. The van der Waals surface area contributed by atoms with Crippen molar-refractivity contribution >= 4 is 33.5 Å². The zero-order valence-electron chi connectivity index (χ0n) is 8.41. The fourth-order valence-electron chi connectivity index (χ4n) is 1.79. The van der Waals surface area contributed by atoms with Crippen LogP contribution in [0.3, 0.4) is 0 Å². The standard InChI is InChI=1S/C12H13BrOS/c13-10-4-1-3-9(7-10)8-11(14)12-5-2-6-15-12/h1,3-4,7,12H,2,5-6,8H2. The fourth-order valence-corrected chi connectivity index (χ4v) is 3.46. The minimum atomic E-state index is 0.254. The van der Waals surface area contributed by atoms with Crippen molar-refractivity contribution in [2.45, 2.75) is 24.5 Å². The van der Waals surface area contributed by atoms with Gasteiger partial charge in [-0.2, -0.15) is 11.8 Å². The van der Waals surface area contributed by atoms with Crippen LogP contribution in [0.4, 0.5) is 0 Å². The van der Waals surface area contributed by atoms with Gasteiger partial charge in [-0.15, -0.1) is 0 Å². The van der Waals surface area contributed by atoms with E-state index < -0.39 is 0 Å². The van der Waals surface area contributed by atoms with Crippen molar-refractivity contribution in [1.29, 1.82) is 0 Å². The number of hydrogen-bond donors (Lipinski definition) is 0. The topological polar surface area (TPSA) is 17.1 Å². The number of thioether (sulfide) groups is 1. The maximum absolute atomic E-state index is 11.9. The van der Waals surface area contributed by atoms with Gasteiger partial charge in [-0.1, -0.05) is 28.1 Å². The molecule has 2 rings (SSSR count). The average molecular weight is 285 g/mol. The summed E-state index contributed by atoms with van der Waals surface area (Å²) in [6, 6.07) is 8.01. The van der Waals surface area contributed by atoms with E-state index in [2.05, 4.69) is 15.9 Å². The van der Waals surface area contributed by atoms with Crippen LogP contribution in [0.2, 0.25) is 0 Å². The first-order chi connectivity index (χ1) is 7.25. The summed E-state index contributed by atoms with van der Waals surface area (Å²) in [6.07, 6.45) is 2.84. The van der Waals surface area contributed by atoms with Crippen molar-refractivity contribution in [2.75, 3.05) is 5.75 Å². The maximum Gasteiger partial charge on any atom is 0.150 e. The molecule has 0 aliphatic carbocycles. The molecule has 3 heteroatoms. The summed E-state index contributed by atoms with van der Waals surface area (Å²) in [6.45, 7) is 0. The molecule has 1 aromatic carbocycles. The Morgan fingerprint density at radius 2 is 2.40 bits per heavy atom. The molecule has 1 saturated heterocycles. The molecule has 1 aromatic rings. The Bertz CT molecular complexity index is 358. The van der Waals surface area contributed by atoms with Gasteiger partial charge in [-0.3, -0.25) is 4.79 Å². The van der Waals surface area contributed by atoms with Crippen molar-refractivity contribution < 1.29 is 4.79 Å². The van der Waals surface area contributed by atoms with Crippen LogP contribution in [0, 0.1) is 0 Å². The number of ketones is 1. The van der Waals surface area contributed by atoms with Gasteiger partial charge in [0.1, 0.15) is 5.78 Å². The lowest BCUT2D eigenvalue weighted by Crippen LogP contribution is -2.16. The van der Waals surface area contributed by atoms with E-state index in [1.807, 2.05) is 36.0 Å². The molecule has 1 atom stereocenters. The quantitative estimate of drug-likeness (QED) is 0.846. The highest BCUT2D eigenvalue weighted by atomic mass is 79.9. The molecule has 0 aromatic heterocycles. The van der Waals surface area contributed by atoms with Crippen molar-refractivity contribution in [3.05, 3.63) is 34.3 Å². The zero-order chi connectivity index (χ0) is 10.7. The average Bonchev–Trinajstić information content (AvgIpc) is 2.70. The molecular formula is C12H13BrOS. The highest BCUT2D eigenvalue weighted by Gasteiger charge is 2.22. The molecule has 80 valence electrons. The molecule has 0 spiro atoms. The Morgan fingerprint density at radius 1 is 1.53 bits per heavy atom. The number of benzene rings is 1. The van der Waals surface area contributed by atoms with Gasteiger partial charge in [0, 0.05) is 10.9 Å². The van der Waals surface area contributed by atoms with E-state index in [0.717, 1.165) is 22.2 Å². The second-order valence-electron chi connectivity index (χ2n) is 3.77. The summed E-state index contributed by atoms with van der Waals surface area (Å²) < 4.78 is 1.05. The summed E-state index contributed by atoms with van der Waals surface area (Å²) in [5, 5.41) is 0.254. The molecule has 0 saturated carbocycles. The monoisotopic (exact) mass is 284 g/mol. The van der Waals surface area contributed by atoms with Crippen LogP contribution in [0.1, 0.15) is 18.4 Å². The first kappa shape index (κ1) is 11.2. The first-order valence-electron chi connectivity index (χ1n) is 5.14. The predicted molar refractivity (Wildman–Crippen MR) is 68.3 cm³/mol. The van der Waals surface area contributed by atoms with Gasteiger partial charge in [-0.05, 0) is 36.3 Å². The van der Waals surface area contributed by atoms with Crippen LogP contribution in [-0.2, 0) is 11.2 Å². The van der Waals surface area contributed by atoms with Crippen LogP contribution < -0.4 is 0 Å². The number of Topliss-reactive ketones (excluding diaryl/α,β-unsaturated/α-hetero) is 1. The van der Waals surface area contributed by atoms with E-state index in [1.165, 1.54) is 6.42 Å². The number of halogens is 1. The molecule has 0 bridgehead atoms. The Morgan fingerprint density at radius 3 is 3.07 bits per heavy atom. The third-order valence-corrected chi connectivity index (χ3v) is 4.47. The van der Waals surface area contributed by atoms with E-state index in [4.69, 9.17) is 0 Å². The highest BCUT2D eigenvalue weighted by Crippen LogP contribution is 2.27. The summed E-state index contributed by atoms with van der Waals surface area (Å²) in [4.78, 5) is 11.9. The summed E-state index contributed by atoms with van der Waals surface area (Å²) in [5.74, 6) is 1.53. The minimum absolute atomic E-state index is 0.254. The second kappa shape index (κ2) is 5.17. The lowest BCUT2D eigenvalue weighted by atomic mass is 10.1. The van der Waals surface area contributed by atoms with Crippen molar-refractivity contribution in [2.24, 2.45) is 0 Å². The third kappa shape index (κ3) is 3.08. The Balaban J connectivity index is 1.99. The molecule has 1 heterocycles. The van der Waals surface area contributed by atoms with E-state index in [1.54, 1.807) is 0 Å². The second-order valence-corrected chi connectivity index (χ2v) is 6.00. The molecule has 1 aliphatic rings. The summed E-state index contributed by atoms with van der Waals surface area (Å²) >= 11 is 5.23. The highest BCUT2D eigenvalue weighted by molar-refractivity contribution is 9.10. The molecule has 1 unspecified atom stereocenters. The van der Waals surface area contributed by atoms with Gasteiger partial charge in [0.15, 0.2) is 0 Å². The maximum atomic E-state index is 11.9. The van der Waals surface area contributed by atoms with Crippen molar-refractivity contribution in [3.8, 4) is 0 Å². The molecule has 0 N–H and O–H groups in total. The van der Waals surface area contributed by atoms with Gasteiger partial charge >= 0.3 is 0 Å². The molecule has 1 aliphatic heterocycles. The molecule has 0 amide bonds. The summed E-state index contributed by atoms with van der Waals surface area (Å²) in [5.41, 5.74) is 1.11. The Hall–Kier alpha value is -0.280. The van der Waals surface area contributed by atoms with Gasteiger partial charge in [0.25, 0.3) is 0 Å². The van der Waals surface area contributed by atoms with Gasteiger partial charge < -0.3 is 0 Å². The lowest BCUT2D eigenvalue weighted by Gasteiger charge is -2.07. The van der Waals surface area contributed by atoms with Crippen molar-refractivity contribution in [3.63, 3.8) is 0 Å². The third-order valence-electron chi connectivity index (χ3n) is 2.56. The first-order valence-corrected chi connectivity index (χ1v) is 6.98. The Kier molecular flexibility index (Phi) is 3.87. The van der Waals surface area contributed by atoms with E-state index in [-0.39, 0.29) is 5.25 Å². The number of rotatable bonds is 3. The van der Waals surface area contributed by atoms with Gasteiger partial charge in [0.05, 0.1) is 5.25 Å². The Labute approximate surface area is 103 Å². The molecule has 1 nitrogen and oxygen atoms in total. The minimum Gasteiger partial charge on any atom is -0.298 e. The van der Waals surface area contributed by atoms with Crippen LogP contribution >= 0.6 is 27.7 Å². The normalized spacial score (nSPS) is 20.5. The smallest absolute Gasteiger partial charge is 0.150 e. The van der Waals surface area contributed by atoms with Crippen LogP contribution in [0.25, 0.3) is 0 Å². The predicted octanol–water partition coefficient (Wildman–Crippen LogP) is 3.46. The SMILES string of the molecule is O=C(Cc1cccc(Br)c1)C1CCCS1. The fraction of sp³-hybridized carbons (Fsp3) is 0.417. The van der Waals surface area contributed by atoms with Crippen LogP contribution in [0.15, 0.2) is 28.7 Å².